The fraction of sp³-hybridized carbons (Fsp3) is 0.346. The van der Waals surface area contributed by atoms with E-state index in [0.29, 0.717) is 51.7 Å². The predicted molar refractivity (Wildman–Crippen MR) is 153 cm³/mol. The van der Waals surface area contributed by atoms with Crippen LogP contribution in [-0.4, -0.2) is 66.0 Å². The molecule has 0 saturated carbocycles. The van der Waals surface area contributed by atoms with Gasteiger partial charge in [0.05, 0.1) is 22.6 Å². The highest BCUT2D eigenvalue weighted by Crippen LogP contribution is 2.28. The van der Waals surface area contributed by atoms with Crippen molar-refractivity contribution >= 4 is 46.5 Å². The molecule has 0 radical (unpaired) electrons. The summed E-state index contributed by atoms with van der Waals surface area (Å²) in [7, 11) is 5.89. The molecule has 0 aliphatic rings. The van der Waals surface area contributed by atoms with Crippen LogP contribution in [0.15, 0.2) is 52.8 Å². The lowest BCUT2D eigenvalue weighted by molar-refractivity contribution is 0.102. The molecule has 4 N–H and O–H groups in total. The van der Waals surface area contributed by atoms with E-state index in [2.05, 4.69) is 42.2 Å². The summed E-state index contributed by atoms with van der Waals surface area (Å²) in [4.78, 5) is 30.4. The van der Waals surface area contributed by atoms with Gasteiger partial charge in [-0.25, -0.2) is 15.0 Å². The van der Waals surface area contributed by atoms with Crippen LogP contribution in [0, 0.1) is 0 Å². The number of hydrogen-bond donors (Lipinski definition) is 3. The van der Waals surface area contributed by atoms with Crippen molar-refractivity contribution in [1.29, 1.82) is 0 Å². The molecule has 0 aliphatic carbocycles. The maximum Gasteiger partial charge on any atom is 0.256 e. The Balaban J connectivity index is 1.90. The van der Waals surface area contributed by atoms with E-state index in [-0.39, 0.29) is 11.3 Å². The maximum atomic E-state index is 12.9. The van der Waals surface area contributed by atoms with Gasteiger partial charge in [0.15, 0.2) is 11.7 Å². The third kappa shape index (κ3) is 7.30. The molecule has 1 aromatic carbocycles. The average molecular weight is 540 g/mol. The highest BCUT2D eigenvalue weighted by Gasteiger charge is 2.21. The number of aliphatic imine (C=N–C) groups is 1. The fourth-order valence-corrected chi connectivity index (χ4v) is 3.38. The fourth-order valence-electron chi connectivity index (χ4n) is 3.22. The Hall–Kier alpha value is -3.96. The van der Waals surface area contributed by atoms with Gasteiger partial charge in [-0.15, -0.1) is 0 Å². The molecular weight excluding hydrogens is 506 g/mol. The molecule has 1 amide bonds. The molecule has 202 valence electrons. The van der Waals surface area contributed by atoms with Crippen LogP contribution in [0.25, 0.3) is 0 Å². The van der Waals surface area contributed by atoms with E-state index < -0.39 is 5.91 Å². The molecule has 2 heterocycles. The normalized spacial score (nSPS) is 11.9. The molecule has 3 rings (SSSR count). The molecule has 0 saturated heterocycles. The summed E-state index contributed by atoms with van der Waals surface area (Å²) in [5.74, 6) is 1.14. The third-order valence-electron chi connectivity index (χ3n) is 5.44. The largest absolute Gasteiger partial charge is 0.382 e. The van der Waals surface area contributed by atoms with Gasteiger partial charge in [-0.2, -0.15) is 0 Å². The zero-order valence-corrected chi connectivity index (χ0v) is 23.3. The summed E-state index contributed by atoms with van der Waals surface area (Å²) in [5, 5.41) is 9.96. The lowest BCUT2D eigenvalue weighted by atomic mass is 9.93. The smallest absolute Gasteiger partial charge is 0.256 e. The van der Waals surface area contributed by atoms with Crippen LogP contribution < -0.4 is 21.3 Å². The number of nitrogens with one attached hydrogen (secondary N) is 2. The van der Waals surface area contributed by atoms with Gasteiger partial charge in [0, 0.05) is 37.2 Å². The van der Waals surface area contributed by atoms with Crippen molar-refractivity contribution in [3.05, 3.63) is 65.3 Å². The summed E-state index contributed by atoms with van der Waals surface area (Å²) in [6, 6.07) is 6.41. The number of hydrogen-bond acceptors (Lipinski definition) is 9. The minimum atomic E-state index is -0.397. The number of amidine groups is 1. The highest BCUT2D eigenvalue weighted by molar-refractivity contribution is 6.33. The van der Waals surface area contributed by atoms with Crippen LogP contribution in [0.4, 0.5) is 23.1 Å². The van der Waals surface area contributed by atoms with Gasteiger partial charge < -0.3 is 30.7 Å². The third-order valence-corrected chi connectivity index (χ3v) is 5.76. The second-order valence-electron chi connectivity index (χ2n) is 9.95. The number of nitrogens with zero attached hydrogens (tertiary/aromatic N) is 6. The standard InChI is InChI=1S/C26H34ClN9O2/c1-8-29-19-15-30-25(36(7)12-11-35(5)6)33-22(19)23(28)31-18-13-16(9-10-17(18)27)24(37)32-21-14-20(38-34-21)26(2,3)4/h8-10,13-15,29H,1,11-12H2,2-7H3,(H2,28,31)(H,32,34,37). The van der Waals surface area contributed by atoms with Gasteiger partial charge >= 0.3 is 0 Å². The van der Waals surface area contributed by atoms with Gasteiger partial charge in [-0.3, -0.25) is 4.79 Å². The first-order valence-electron chi connectivity index (χ1n) is 11.9. The quantitative estimate of drug-likeness (QED) is 0.255. The lowest BCUT2D eigenvalue weighted by Gasteiger charge is -2.20. The Morgan fingerprint density at radius 3 is 2.61 bits per heavy atom. The zero-order chi connectivity index (χ0) is 28.0. The Bertz CT molecular complexity index is 1330. The van der Waals surface area contributed by atoms with Gasteiger partial charge in [0.2, 0.25) is 5.95 Å². The van der Waals surface area contributed by atoms with Crippen LogP contribution >= 0.6 is 11.6 Å². The number of nitrogens with two attached hydrogens (primary N) is 1. The molecule has 3 aromatic rings. The Kier molecular flexibility index (Phi) is 9.08. The highest BCUT2D eigenvalue weighted by atomic mass is 35.5. The molecule has 38 heavy (non-hydrogen) atoms. The number of benzene rings is 1. The molecular formula is C26H34ClN9O2. The van der Waals surface area contributed by atoms with Crippen molar-refractivity contribution in [2.24, 2.45) is 10.7 Å². The van der Waals surface area contributed by atoms with Gasteiger partial charge in [0.25, 0.3) is 5.91 Å². The summed E-state index contributed by atoms with van der Waals surface area (Å²) in [6.07, 6.45) is 3.11. The molecule has 0 aliphatic heterocycles. The number of rotatable bonds is 10. The summed E-state index contributed by atoms with van der Waals surface area (Å²) in [6.45, 7) is 11.2. The first-order valence-corrected chi connectivity index (χ1v) is 12.3. The van der Waals surface area contributed by atoms with Crippen LogP contribution in [-0.2, 0) is 5.41 Å². The second-order valence-corrected chi connectivity index (χ2v) is 10.4. The predicted octanol–water partition coefficient (Wildman–Crippen LogP) is 4.26. The number of halogens is 1. The van der Waals surface area contributed by atoms with Crippen LogP contribution in [0.1, 0.15) is 42.6 Å². The average Bonchev–Trinajstić information content (AvgIpc) is 3.33. The number of carbonyl (C=O) groups excluding carboxylic acids is 1. The lowest BCUT2D eigenvalue weighted by Crippen LogP contribution is -2.30. The van der Waals surface area contributed by atoms with E-state index in [0.717, 1.165) is 6.54 Å². The van der Waals surface area contributed by atoms with Crippen LogP contribution in [0.3, 0.4) is 0 Å². The van der Waals surface area contributed by atoms with Gasteiger partial charge in [-0.1, -0.05) is 44.1 Å². The molecule has 11 nitrogen and oxygen atoms in total. The summed E-state index contributed by atoms with van der Waals surface area (Å²) < 4.78 is 5.34. The van der Waals surface area contributed by atoms with E-state index in [1.165, 1.54) is 6.20 Å². The maximum absolute atomic E-state index is 12.9. The number of carbonyl (C=O) groups is 1. The van der Waals surface area contributed by atoms with Crippen molar-refractivity contribution in [2.75, 3.05) is 49.8 Å². The number of aromatic nitrogens is 3. The van der Waals surface area contributed by atoms with Crippen LogP contribution in [0.2, 0.25) is 5.02 Å². The van der Waals surface area contributed by atoms with Crippen molar-refractivity contribution < 1.29 is 9.32 Å². The molecule has 0 fully saturated rings. The van der Waals surface area contributed by atoms with E-state index >= 15 is 0 Å². The SMILES string of the molecule is C=CNc1cnc(N(C)CCN(C)C)nc1C(N)=Nc1cc(C(=O)Nc2cc(C(C)(C)C)on2)ccc1Cl. The minimum Gasteiger partial charge on any atom is -0.382 e. The monoisotopic (exact) mass is 539 g/mol. The Labute approximate surface area is 227 Å². The second kappa shape index (κ2) is 12.1. The molecule has 0 atom stereocenters. The van der Waals surface area contributed by atoms with E-state index in [1.807, 2.05) is 46.8 Å². The Morgan fingerprint density at radius 1 is 1.24 bits per heavy atom. The van der Waals surface area contributed by atoms with E-state index in [9.17, 15) is 4.79 Å². The minimum absolute atomic E-state index is 0.0878. The van der Waals surface area contributed by atoms with Crippen molar-refractivity contribution in [1.82, 2.24) is 20.0 Å². The van der Waals surface area contributed by atoms with Crippen LogP contribution in [0.5, 0.6) is 0 Å². The van der Waals surface area contributed by atoms with Gasteiger partial charge in [0.1, 0.15) is 11.5 Å². The van der Waals surface area contributed by atoms with E-state index in [1.54, 1.807) is 30.5 Å². The first-order chi connectivity index (χ1) is 17.9. The van der Waals surface area contributed by atoms with E-state index in [4.69, 9.17) is 21.9 Å². The molecule has 0 bridgehead atoms. The van der Waals surface area contributed by atoms with Crippen molar-refractivity contribution in [3.63, 3.8) is 0 Å². The Morgan fingerprint density at radius 2 is 1.97 bits per heavy atom. The van der Waals surface area contributed by atoms with Crippen molar-refractivity contribution in [2.45, 2.75) is 26.2 Å². The molecule has 0 unspecified atom stereocenters. The molecule has 2 aromatic heterocycles. The summed E-state index contributed by atoms with van der Waals surface area (Å²) in [5.41, 5.74) is 7.67. The zero-order valence-electron chi connectivity index (χ0n) is 22.5. The topological polar surface area (TPSA) is 138 Å². The molecule has 0 spiro atoms. The number of anilines is 3. The number of likely N-dealkylation sites (N-methyl/N-ethyl adjacent to an activating group) is 2. The summed E-state index contributed by atoms with van der Waals surface area (Å²) >= 11 is 6.40. The van der Waals surface area contributed by atoms with Crippen molar-refractivity contribution in [3.8, 4) is 0 Å². The first kappa shape index (κ1) is 28.6. The molecule has 12 heteroatoms. The van der Waals surface area contributed by atoms with Gasteiger partial charge in [-0.05, 0) is 38.5 Å². The number of amides is 1.